The van der Waals surface area contributed by atoms with Gasteiger partial charge in [0.2, 0.25) is 10.0 Å². The molecule has 1 aliphatic carbocycles. The molecule has 2 rings (SSSR count). The van der Waals surface area contributed by atoms with Gasteiger partial charge in [-0.15, -0.1) is 0 Å². The lowest BCUT2D eigenvalue weighted by Gasteiger charge is -2.22. The fraction of sp³-hybridized carbons (Fsp3) is 0.600. The third-order valence-corrected chi connectivity index (χ3v) is 5.77. The average Bonchev–Trinajstić information content (AvgIpc) is 2.47. The van der Waals surface area contributed by atoms with Gasteiger partial charge >= 0.3 is 0 Å². The van der Waals surface area contributed by atoms with Crippen LogP contribution in [-0.4, -0.2) is 33.4 Å². The quantitative estimate of drug-likeness (QED) is 0.848. The molecule has 0 atom stereocenters. The minimum Gasteiger partial charge on any atom is -0.491 e. The molecule has 0 saturated heterocycles. The summed E-state index contributed by atoms with van der Waals surface area (Å²) in [7, 11) is -0.445. The van der Waals surface area contributed by atoms with Gasteiger partial charge < -0.3 is 10.5 Å². The molecule has 0 aromatic heterocycles. The topological polar surface area (TPSA) is 72.6 Å². The number of nitrogen functional groups attached to an aromatic ring is 1. The van der Waals surface area contributed by atoms with Gasteiger partial charge in [-0.2, -0.15) is 0 Å². The van der Waals surface area contributed by atoms with Crippen molar-refractivity contribution in [3.8, 4) is 5.75 Å². The van der Waals surface area contributed by atoms with Gasteiger partial charge in [0.1, 0.15) is 5.75 Å². The SMILES string of the molecule is CN(C)S(=O)(=O)c1ccc(N)c(OCC2CCCCC2)c1. The Morgan fingerprint density at radius 3 is 2.52 bits per heavy atom. The van der Waals surface area contributed by atoms with Crippen LogP contribution in [0.5, 0.6) is 5.75 Å². The Kier molecular flexibility index (Phi) is 5.11. The third-order valence-electron chi connectivity index (χ3n) is 3.96. The zero-order chi connectivity index (χ0) is 15.5. The van der Waals surface area contributed by atoms with Crippen molar-refractivity contribution in [2.45, 2.75) is 37.0 Å². The molecule has 2 N–H and O–H groups in total. The predicted octanol–water partition coefficient (Wildman–Crippen LogP) is 2.48. The van der Waals surface area contributed by atoms with Crippen molar-refractivity contribution in [2.24, 2.45) is 5.92 Å². The van der Waals surface area contributed by atoms with E-state index in [9.17, 15) is 8.42 Å². The van der Waals surface area contributed by atoms with Crippen molar-refractivity contribution in [2.75, 3.05) is 26.4 Å². The normalized spacial score (nSPS) is 17.1. The van der Waals surface area contributed by atoms with E-state index in [0.29, 0.717) is 24.0 Å². The zero-order valence-corrected chi connectivity index (χ0v) is 13.5. The molecule has 1 aliphatic rings. The van der Waals surface area contributed by atoms with Crippen LogP contribution in [0.3, 0.4) is 0 Å². The summed E-state index contributed by atoms with van der Waals surface area (Å²) in [5.41, 5.74) is 6.37. The zero-order valence-electron chi connectivity index (χ0n) is 12.7. The van der Waals surface area contributed by atoms with E-state index in [0.717, 1.165) is 0 Å². The van der Waals surface area contributed by atoms with Crippen LogP contribution in [0.25, 0.3) is 0 Å². The van der Waals surface area contributed by atoms with Gasteiger partial charge in [-0.3, -0.25) is 0 Å². The highest BCUT2D eigenvalue weighted by Crippen LogP contribution is 2.29. The molecule has 1 fully saturated rings. The summed E-state index contributed by atoms with van der Waals surface area (Å²) in [6, 6.07) is 4.62. The van der Waals surface area contributed by atoms with Gasteiger partial charge in [-0.1, -0.05) is 19.3 Å². The predicted molar refractivity (Wildman–Crippen MR) is 83.8 cm³/mol. The Balaban J connectivity index is 2.12. The number of hydrogen-bond acceptors (Lipinski definition) is 4. The molecule has 1 aromatic rings. The van der Waals surface area contributed by atoms with Gasteiger partial charge in [0.25, 0.3) is 0 Å². The Morgan fingerprint density at radius 2 is 1.90 bits per heavy atom. The molecule has 1 saturated carbocycles. The van der Waals surface area contributed by atoms with Crippen molar-refractivity contribution < 1.29 is 13.2 Å². The van der Waals surface area contributed by atoms with E-state index >= 15 is 0 Å². The molecule has 1 aromatic carbocycles. The van der Waals surface area contributed by atoms with E-state index in [1.807, 2.05) is 0 Å². The lowest BCUT2D eigenvalue weighted by atomic mass is 9.90. The maximum atomic E-state index is 12.1. The summed E-state index contributed by atoms with van der Waals surface area (Å²) in [6.07, 6.45) is 6.15. The van der Waals surface area contributed by atoms with Crippen LogP contribution in [-0.2, 0) is 10.0 Å². The Labute approximate surface area is 127 Å². The van der Waals surface area contributed by atoms with E-state index in [1.165, 1.54) is 62.6 Å². The Bertz CT molecular complexity index is 579. The molecule has 118 valence electrons. The van der Waals surface area contributed by atoms with E-state index in [4.69, 9.17) is 10.5 Å². The van der Waals surface area contributed by atoms with Crippen molar-refractivity contribution >= 4 is 15.7 Å². The molecule has 21 heavy (non-hydrogen) atoms. The summed E-state index contributed by atoms with van der Waals surface area (Å²) in [6.45, 7) is 0.607. The molecule has 6 heteroatoms. The van der Waals surface area contributed by atoms with Gasteiger partial charge in [-0.25, -0.2) is 12.7 Å². The van der Waals surface area contributed by atoms with Crippen molar-refractivity contribution in [1.29, 1.82) is 0 Å². The van der Waals surface area contributed by atoms with E-state index < -0.39 is 10.0 Å². The number of nitrogens with two attached hydrogens (primary N) is 1. The second kappa shape index (κ2) is 6.66. The maximum absolute atomic E-state index is 12.1. The van der Waals surface area contributed by atoms with Crippen molar-refractivity contribution in [3.63, 3.8) is 0 Å². The van der Waals surface area contributed by atoms with Crippen molar-refractivity contribution in [3.05, 3.63) is 18.2 Å². The van der Waals surface area contributed by atoms with Gasteiger partial charge in [0.05, 0.1) is 17.2 Å². The molecule has 0 unspecified atom stereocenters. The summed E-state index contributed by atoms with van der Waals surface area (Å²) in [5.74, 6) is 1.01. The van der Waals surface area contributed by atoms with Crippen LogP contribution in [0.15, 0.2) is 23.1 Å². The van der Waals surface area contributed by atoms with E-state index in [2.05, 4.69) is 0 Å². The monoisotopic (exact) mass is 312 g/mol. The lowest BCUT2D eigenvalue weighted by Crippen LogP contribution is -2.22. The highest BCUT2D eigenvalue weighted by molar-refractivity contribution is 7.89. The van der Waals surface area contributed by atoms with Crippen molar-refractivity contribution in [1.82, 2.24) is 4.31 Å². The summed E-state index contributed by atoms with van der Waals surface area (Å²) in [4.78, 5) is 0.209. The number of nitrogens with zero attached hydrogens (tertiary/aromatic N) is 1. The van der Waals surface area contributed by atoms with Crippen LogP contribution in [0.4, 0.5) is 5.69 Å². The summed E-state index contributed by atoms with van der Waals surface area (Å²) in [5, 5.41) is 0. The first kappa shape index (κ1) is 16.1. The molecule has 0 spiro atoms. The average molecular weight is 312 g/mol. The minimum absolute atomic E-state index is 0.209. The molecule has 0 bridgehead atoms. The number of anilines is 1. The number of benzene rings is 1. The Morgan fingerprint density at radius 1 is 1.24 bits per heavy atom. The molecule has 5 nitrogen and oxygen atoms in total. The largest absolute Gasteiger partial charge is 0.491 e. The maximum Gasteiger partial charge on any atom is 0.242 e. The van der Waals surface area contributed by atoms with E-state index in [1.54, 1.807) is 6.07 Å². The van der Waals surface area contributed by atoms with Gasteiger partial charge in [0.15, 0.2) is 0 Å². The minimum atomic E-state index is -3.46. The first-order chi connectivity index (χ1) is 9.91. The molecular weight excluding hydrogens is 288 g/mol. The second-order valence-electron chi connectivity index (χ2n) is 5.80. The third kappa shape index (κ3) is 3.89. The van der Waals surface area contributed by atoms with Crippen LogP contribution < -0.4 is 10.5 Å². The molecule has 0 aliphatic heterocycles. The standard InChI is InChI=1S/C15H24N2O3S/c1-17(2)21(18,19)13-8-9-14(16)15(10-13)20-11-12-6-4-3-5-7-12/h8-10,12H,3-7,11,16H2,1-2H3. The smallest absolute Gasteiger partial charge is 0.242 e. The molecule has 0 heterocycles. The summed E-state index contributed by atoms with van der Waals surface area (Å²) >= 11 is 0. The van der Waals surface area contributed by atoms with Crippen LogP contribution in [0.1, 0.15) is 32.1 Å². The first-order valence-electron chi connectivity index (χ1n) is 7.36. The molecule has 0 amide bonds. The molecule has 0 radical (unpaired) electrons. The highest BCUT2D eigenvalue weighted by atomic mass is 32.2. The summed E-state index contributed by atoms with van der Waals surface area (Å²) < 4.78 is 31.2. The Hall–Kier alpha value is -1.27. The lowest BCUT2D eigenvalue weighted by molar-refractivity contribution is 0.209. The fourth-order valence-electron chi connectivity index (χ4n) is 2.57. The highest BCUT2D eigenvalue weighted by Gasteiger charge is 2.20. The number of ether oxygens (including phenoxy) is 1. The van der Waals surface area contributed by atoms with Crippen LogP contribution in [0.2, 0.25) is 0 Å². The number of hydrogen-bond donors (Lipinski definition) is 1. The second-order valence-corrected chi connectivity index (χ2v) is 7.95. The van der Waals surface area contributed by atoms with Crippen LogP contribution >= 0.6 is 0 Å². The first-order valence-corrected chi connectivity index (χ1v) is 8.80. The fourth-order valence-corrected chi connectivity index (χ4v) is 3.49. The van der Waals surface area contributed by atoms with Gasteiger partial charge in [0, 0.05) is 20.2 Å². The molecular formula is C15H24N2O3S. The van der Waals surface area contributed by atoms with E-state index in [-0.39, 0.29) is 4.90 Å². The number of rotatable bonds is 5. The van der Waals surface area contributed by atoms with Gasteiger partial charge in [-0.05, 0) is 30.9 Å². The van der Waals surface area contributed by atoms with Crippen LogP contribution in [0, 0.1) is 5.92 Å². The number of sulfonamides is 1.